The minimum Gasteiger partial charge on any atom is -0.506 e. The Hall–Kier alpha value is -4.03. The first-order valence-corrected chi connectivity index (χ1v) is 14.4. The van der Waals surface area contributed by atoms with Crippen molar-refractivity contribution in [1.29, 1.82) is 0 Å². The van der Waals surface area contributed by atoms with Crippen molar-refractivity contribution < 1.29 is 33.0 Å². The summed E-state index contributed by atoms with van der Waals surface area (Å²) in [6, 6.07) is 12.4. The standard InChI is InChI=1S/C30H23Cl4F3N4O4/c1-15(2)16-9-11-22(24(42)13-16)40(28(44)38-18-6-3-5-17(14-18)30(35,36)37)41(23-12-10-20(32)26(34)27(23)43)29(45)39-21-8-4-7-19(31)25(21)33/h3-15,42-43H,1-2H3,(H,38,44)(H,39,45). The fourth-order valence-electron chi connectivity index (χ4n) is 4.11. The van der Waals surface area contributed by atoms with Gasteiger partial charge in [0.05, 0.1) is 26.3 Å². The van der Waals surface area contributed by atoms with Gasteiger partial charge < -0.3 is 20.8 Å². The molecule has 4 aromatic carbocycles. The number of urea groups is 2. The molecule has 0 aliphatic carbocycles. The zero-order chi connectivity index (χ0) is 33.2. The van der Waals surface area contributed by atoms with Crippen LogP contribution in [0, 0.1) is 0 Å². The van der Waals surface area contributed by atoms with Crippen molar-refractivity contribution in [3.05, 3.63) is 104 Å². The number of hydrogen-bond acceptors (Lipinski definition) is 4. The van der Waals surface area contributed by atoms with E-state index in [1.807, 2.05) is 13.8 Å². The number of carbonyl (C=O) groups excluding carboxylic acids is 2. The number of rotatable bonds is 5. The molecule has 45 heavy (non-hydrogen) atoms. The van der Waals surface area contributed by atoms with Crippen LogP contribution in [0.15, 0.2) is 72.8 Å². The van der Waals surface area contributed by atoms with E-state index >= 15 is 0 Å². The summed E-state index contributed by atoms with van der Waals surface area (Å²) in [6.07, 6.45) is -4.72. The molecule has 15 heteroatoms. The maximum Gasteiger partial charge on any atom is 0.416 e. The highest BCUT2D eigenvalue weighted by atomic mass is 35.5. The van der Waals surface area contributed by atoms with Crippen LogP contribution < -0.4 is 20.7 Å². The highest BCUT2D eigenvalue weighted by molar-refractivity contribution is 6.44. The normalized spacial score (nSPS) is 11.3. The molecule has 0 spiro atoms. The van der Waals surface area contributed by atoms with Crippen molar-refractivity contribution in [1.82, 2.24) is 0 Å². The molecule has 0 saturated carbocycles. The molecule has 0 aliphatic heterocycles. The number of carbonyl (C=O) groups is 2. The average Bonchev–Trinajstić information content (AvgIpc) is 2.97. The molecule has 236 valence electrons. The van der Waals surface area contributed by atoms with Gasteiger partial charge in [-0.05, 0) is 66.1 Å². The second kappa shape index (κ2) is 13.5. The van der Waals surface area contributed by atoms with Gasteiger partial charge in [-0.2, -0.15) is 23.2 Å². The van der Waals surface area contributed by atoms with Crippen LogP contribution >= 0.6 is 46.4 Å². The predicted octanol–water partition coefficient (Wildman–Crippen LogP) is 10.5. The molecule has 4 N–H and O–H groups in total. The molecule has 0 heterocycles. The summed E-state index contributed by atoms with van der Waals surface area (Å²) in [6.45, 7) is 3.71. The predicted molar refractivity (Wildman–Crippen MR) is 171 cm³/mol. The Morgan fingerprint density at radius 2 is 1.36 bits per heavy atom. The van der Waals surface area contributed by atoms with Gasteiger partial charge in [-0.1, -0.05) is 78.5 Å². The second-order valence-corrected chi connectivity index (χ2v) is 11.4. The fourth-order valence-corrected chi connectivity index (χ4v) is 4.77. The number of hydrazine groups is 1. The zero-order valence-electron chi connectivity index (χ0n) is 23.3. The number of nitrogens with one attached hydrogen (secondary N) is 2. The average molecular weight is 702 g/mol. The van der Waals surface area contributed by atoms with Crippen LogP contribution in [0.5, 0.6) is 11.5 Å². The van der Waals surface area contributed by atoms with Crippen LogP contribution in [0.3, 0.4) is 0 Å². The molecule has 4 aromatic rings. The molecular weight excluding hydrogens is 679 g/mol. The third-order valence-electron chi connectivity index (χ3n) is 6.39. The second-order valence-electron chi connectivity index (χ2n) is 9.80. The molecule has 0 aromatic heterocycles. The third kappa shape index (κ3) is 7.45. The first-order valence-electron chi connectivity index (χ1n) is 12.9. The first-order chi connectivity index (χ1) is 21.1. The summed E-state index contributed by atoms with van der Waals surface area (Å²) in [5, 5.41) is 27.7. The van der Waals surface area contributed by atoms with Crippen molar-refractivity contribution in [2.75, 3.05) is 20.7 Å². The number of amides is 4. The smallest absolute Gasteiger partial charge is 0.416 e. The van der Waals surface area contributed by atoms with E-state index in [2.05, 4.69) is 10.6 Å². The monoisotopic (exact) mass is 700 g/mol. The molecule has 0 radical (unpaired) electrons. The summed E-state index contributed by atoms with van der Waals surface area (Å²) >= 11 is 24.6. The lowest BCUT2D eigenvalue weighted by atomic mass is 10.0. The van der Waals surface area contributed by atoms with Gasteiger partial charge in [-0.25, -0.2) is 9.59 Å². The third-order valence-corrected chi connectivity index (χ3v) is 8.00. The number of hydrogen-bond donors (Lipinski definition) is 4. The maximum absolute atomic E-state index is 14.0. The van der Waals surface area contributed by atoms with Gasteiger partial charge in [0, 0.05) is 5.69 Å². The lowest BCUT2D eigenvalue weighted by Crippen LogP contribution is -2.54. The number of alkyl halides is 3. The van der Waals surface area contributed by atoms with Crippen LogP contribution in [-0.2, 0) is 6.18 Å². The molecule has 0 saturated heterocycles. The maximum atomic E-state index is 14.0. The molecular formula is C30H23Cl4F3N4O4. The van der Waals surface area contributed by atoms with Crippen molar-refractivity contribution in [2.24, 2.45) is 0 Å². The van der Waals surface area contributed by atoms with Gasteiger partial charge in [0.1, 0.15) is 22.1 Å². The van der Waals surface area contributed by atoms with Crippen molar-refractivity contribution >= 4 is 81.2 Å². The number of phenolic OH excluding ortho intramolecular Hbond substituents is 2. The van der Waals surface area contributed by atoms with E-state index in [0.717, 1.165) is 18.2 Å². The topological polar surface area (TPSA) is 105 Å². The molecule has 4 rings (SSSR count). The minimum absolute atomic E-state index is 0.00340. The van der Waals surface area contributed by atoms with Crippen LogP contribution in [0.1, 0.15) is 30.9 Å². The van der Waals surface area contributed by atoms with E-state index in [0.29, 0.717) is 21.6 Å². The lowest BCUT2D eigenvalue weighted by molar-refractivity contribution is -0.137. The Balaban J connectivity index is 1.94. The van der Waals surface area contributed by atoms with Gasteiger partial charge >= 0.3 is 18.2 Å². The number of benzene rings is 4. The Bertz CT molecular complexity index is 1770. The first kappa shape index (κ1) is 33.9. The number of nitrogens with zero attached hydrogens (tertiary/aromatic N) is 2. The van der Waals surface area contributed by atoms with Crippen molar-refractivity contribution in [3.63, 3.8) is 0 Å². The van der Waals surface area contributed by atoms with Crippen LogP contribution in [0.4, 0.5) is 45.5 Å². The Morgan fingerprint density at radius 3 is 2.00 bits per heavy atom. The fraction of sp³-hybridized carbons (Fsp3) is 0.133. The summed E-state index contributed by atoms with van der Waals surface area (Å²) < 4.78 is 40.3. The van der Waals surface area contributed by atoms with E-state index in [-0.39, 0.29) is 43.1 Å². The number of anilines is 4. The van der Waals surface area contributed by atoms with Gasteiger partial charge in [0.25, 0.3) is 0 Å². The van der Waals surface area contributed by atoms with Crippen molar-refractivity contribution in [2.45, 2.75) is 25.9 Å². The highest BCUT2D eigenvalue weighted by Gasteiger charge is 2.35. The summed E-state index contributed by atoms with van der Waals surface area (Å²) in [7, 11) is 0. The quantitative estimate of drug-likeness (QED) is 0.155. The van der Waals surface area contributed by atoms with Gasteiger partial charge in [0.15, 0.2) is 5.75 Å². The van der Waals surface area contributed by atoms with Crippen molar-refractivity contribution in [3.8, 4) is 11.5 Å². The highest BCUT2D eigenvalue weighted by Crippen LogP contribution is 2.43. The van der Waals surface area contributed by atoms with E-state index in [4.69, 9.17) is 46.4 Å². The van der Waals surface area contributed by atoms with Crippen LogP contribution in [0.2, 0.25) is 20.1 Å². The van der Waals surface area contributed by atoms with Crippen LogP contribution in [-0.4, -0.2) is 22.3 Å². The van der Waals surface area contributed by atoms with Gasteiger partial charge in [-0.15, -0.1) is 0 Å². The molecule has 0 fully saturated rings. The Morgan fingerprint density at radius 1 is 0.756 bits per heavy atom. The molecule has 0 unspecified atom stereocenters. The van der Waals surface area contributed by atoms with E-state index < -0.39 is 41.0 Å². The van der Waals surface area contributed by atoms with E-state index in [9.17, 15) is 33.0 Å². The zero-order valence-corrected chi connectivity index (χ0v) is 26.3. The Labute approximate surface area is 275 Å². The van der Waals surface area contributed by atoms with Gasteiger partial charge in [0.2, 0.25) is 0 Å². The molecule has 4 amide bonds. The molecule has 0 atom stereocenters. The molecule has 8 nitrogen and oxygen atoms in total. The number of phenols is 2. The Kier molecular flexibility index (Phi) is 10.2. The largest absolute Gasteiger partial charge is 0.506 e. The van der Waals surface area contributed by atoms with E-state index in [1.165, 1.54) is 42.5 Å². The minimum atomic E-state index is -4.72. The van der Waals surface area contributed by atoms with Gasteiger partial charge in [-0.3, -0.25) is 0 Å². The summed E-state index contributed by atoms with van der Waals surface area (Å²) in [5.41, 5.74) is -1.41. The number of aromatic hydroxyl groups is 2. The number of halogens is 7. The van der Waals surface area contributed by atoms with Crippen LogP contribution in [0.25, 0.3) is 0 Å². The lowest BCUT2D eigenvalue weighted by Gasteiger charge is -2.35. The SMILES string of the molecule is CC(C)c1ccc(N(C(=O)Nc2cccc(C(F)(F)F)c2)N(C(=O)Nc2cccc(Cl)c2Cl)c2ccc(Cl)c(Cl)c2O)c(O)c1. The summed E-state index contributed by atoms with van der Waals surface area (Å²) in [5.74, 6) is -1.29. The van der Waals surface area contributed by atoms with E-state index in [1.54, 1.807) is 6.07 Å². The molecule has 0 aliphatic rings. The summed E-state index contributed by atoms with van der Waals surface area (Å²) in [4.78, 5) is 28.1. The molecule has 0 bridgehead atoms.